The van der Waals surface area contributed by atoms with Gasteiger partial charge in [0.2, 0.25) is 0 Å². The number of aryl methyl sites for hydroxylation is 1. The molecule has 0 amide bonds. The molecule has 1 saturated heterocycles. The molecule has 1 aliphatic heterocycles. The van der Waals surface area contributed by atoms with E-state index in [1.165, 1.54) is 0 Å². The van der Waals surface area contributed by atoms with Gasteiger partial charge in [0.25, 0.3) is 0 Å². The van der Waals surface area contributed by atoms with E-state index < -0.39 is 18.3 Å². The predicted molar refractivity (Wildman–Crippen MR) is 92.4 cm³/mol. The Balaban J connectivity index is 2.40. The molecule has 0 unspecified atom stereocenters. The fraction of sp³-hybridized carbons (Fsp3) is 0.611. The number of rotatable bonds is 5. The summed E-state index contributed by atoms with van der Waals surface area (Å²) in [4.78, 5) is 11.7. The lowest BCUT2D eigenvalue weighted by atomic mass is 9.75. The van der Waals surface area contributed by atoms with Crippen molar-refractivity contribution in [2.24, 2.45) is 0 Å². The van der Waals surface area contributed by atoms with Gasteiger partial charge in [-0.3, -0.25) is 4.79 Å². The third-order valence-electron chi connectivity index (χ3n) is 4.74. The standard InChI is InChI=1S/C18H27BO4/c1-8-9-10-15(16-11-14(12(2)20)13(3)21-16)19-22-17(4,5)18(6,7)23-19/h10-11H,8-9H2,1-7H3/b15-10-. The SMILES string of the molecule is CCC/C=C(\B1OC(C)(C)C(C)(C)O1)c1cc(C(C)=O)c(C)o1. The molecule has 126 valence electrons. The number of furan rings is 1. The lowest BCUT2D eigenvalue weighted by Gasteiger charge is -2.32. The number of allylic oxidation sites excluding steroid dienone is 1. The highest BCUT2D eigenvalue weighted by molar-refractivity contribution is 6.68. The quantitative estimate of drug-likeness (QED) is 0.588. The molecule has 0 spiro atoms. The first-order valence-corrected chi connectivity index (χ1v) is 8.26. The summed E-state index contributed by atoms with van der Waals surface area (Å²) in [6.45, 7) is 13.6. The molecule has 5 heteroatoms. The molecule has 0 atom stereocenters. The van der Waals surface area contributed by atoms with Crippen molar-refractivity contribution in [3.05, 3.63) is 29.2 Å². The van der Waals surface area contributed by atoms with Crippen molar-refractivity contribution >= 4 is 18.4 Å². The Morgan fingerprint density at radius 1 is 1.22 bits per heavy atom. The molecule has 0 aliphatic carbocycles. The molecule has 1 fully saturated rings. The van der Waals surface area contributed by atoms with Crippen molar-refractivity contribution in [3.8, 4) is 0 Å². The first-order chi connectivity index (χ1) is 10.6. The molecule has 1 aliphatic rings. The van der Waals surface area contributed by atoms with Gasteiger partial charge in [-0.05, 0) is 54.0 Å². The van der Waals surface area contributed by atoms with Crippen LogP contribution in [0.2, 0.25) is 0 Å². The van der Waals surface area contributed by atoms with Gasteiger partial charge >= 0.3 is 7.12 Å². The van der Waals surface area contributed by atoms with E-state index in [0.717, 1.165) is 18.3 Å². The van der Waals surface area contributed by atoms with Crippen molar-refractivity contribution < 1.29 is 18.5 Å². The predicted octanol–water partition coefficient (Wildman–Crippen LogP) is 4.61. The highest BCUT2D eigenvalue weighted by Gasteiger charge is 2.53. The lowest BCUT2D eigenvalue weighted by molar-refractivity contribution is 0.00578. The van der Waals surface area contributed by atoms with Crippen molar-refractivity contribution in [1.82, 2.24) is 0 Å². The lowest BCUT2D eigenvalue weighted by Crippen LogP contribution is -2.41. The molecule has 0 aromatic carbocycles. The van der Waals surface area contributed by atoms with Gasteiger partial charge in [-0.15, -0.1) is 0 Å². The molecule has 1 aromatic rings. The van der Waals surface area contributed by atoms with Crippen molar-refractivity contribution in [1.29, 1.82) is 0 Å². The van der Waals surface area contributed by atoms with Gasteiger partial charge in [0, 0.05) is 5.47 Å². The van der Waals surface area contributed by atoms with E-state index in [0.29, 0.717) is 17.1 Å². The van der Waals surface area contributed by atoms with Gasteiger partial charge < -0.3 is 13.7 Å². The summed E-state index contributed by atoms with van der Waals surface area (Å²) in [6.07, 6.45) is 4.00. The number of carbonyl (C=O) groups excluding carboxylic acids is 1. The summed E-state index contributed by atoms with van der Waals surface area (Å²) in [7, 11) is -0.489. The highest BCUT2D eigenvalue weighted by atomic mass is 16.7. The third-order valence-corrected chi connectivity index (χ3v) is 4.74. The average molecular weight is 318 g/mol. The Hall–Kier alpha value is -1.33. The molecule has 0 N–H and O–H groups in total. The Kier molecular flexibility index (Phi) is 4.93. The van der Waals surface area contributed by atoms with E-state index in [2.05, 4.69) is 13.0 Å². The molecule has 0 bridgehead atoms. The molecular formula is C18H27BO4. The third kappa shape index (κ3) is 3.46. The smallest absolute Gasteiger partial charge is 0.462 e. The van der Waals surface area contributed by atoms with Crippen LogP contribution in [0.1, 0.15) is 76.3 Å². The minimum Gasteiger partial charge on any atom is -0.462 e. The topological polar surface area (TPSA) is 48.7 Å². The summed E-state index contributed by atoms with van der Waals surface area (Å²) in [5.41, 5.74) is 0.655. The van der Waals surface area contributed by atoms with E-state index in [1.54, 1.807) is 13.0 Å². The molecule has 2 rings (SSSR count). The van der Waals surface area contributed by atoms with Crippen LogP contribution in [0, 0.1) is 6.92 Å². The second-order valence-electron chi connectivity index (χ2n) is 7.17. The van der Waals surface area contributed by atoms with Crippen LogP contribution < -0.4 is 0 Å². The largest absolute Gasteiger partial charge is 0.498 e. The van der Waals surface area contributed by atoms with Gasteiger partial charge in [0.15, 0.2) is 5.78 Å². The van der Waals surface area contributed by atoms with Crippen LogP contribution in [0.15, 0.2) is 16.6 Å². The van der Waals surface area contributed by atoms with Crippen LogP contribution in [0.3, 0.4) is 0 Å². The Labute approximate surface area is 139 Å². The zero-order valence-corrected chi connectivity index (χ0v) is 15.3. The highest BCUT2D eigenvalue weighted by Crippen LogP contribution is 2.41. The Morgan fingerprint density at radius 3 is 2.22 bits per heavy atom. The van der Waals surface area contributed by atoms with Gasteiger partial charge in [-0.2, -0.15) is 0 Å². The molecule has 4 nitrogen and oxygen atoms in total. The second kappa shape index (κ2) is 6.29. The van der Waals surface area contributed by atoms with Crippen molar-refractivity contribution in [2.75, 3.05) is 0 Å². The van der Waals surface area contributed by atoms with E-state index in [-0.39, 0.29) is 5.78 Å². The van der Waals surface area contributed by atoms with Gasteiger partial charge in [0.1, 0.15) is 11.5 Å². The summed E-state index contributed by atoms with van der Waals surface area (Å²) in [5, 5.41) is 0. The van der Waals surface area contributed by atoms with Crippen LogP contribution in [0.25, 0.3) is 5.47 Å². The fourth-order valence-electron chi connectivity index (χ4n) is 2.56. The molecule has 0 radical (unpaired) electrons. The summed E-state index contributed by atoms with van der Waals surface area (Å²) in [5.74, 6) is 1.28. The fourth-order valence-corrected chi connectivity index (χ4v) is 2.56. The summed E-state index contributed by atoms with van der Waals surface area (Å²) in [6, 6.07) is 1.80. The molecule has 23 heavy (non-hydrogen) atoms. The van der Waals surface area contributed by atoms with Crippen molar-refractivity contribution in [3.63, 3.8) is 0 Å². The van der Waals surface area contributed by atoms with Crippen LogP contribution >= 0.6 is 0 Å². The molecular weight excluding hydrogens is 291 g/mol. The summed E-state index contributed by atoms with van der Waals surface area (Å²) < 4.78 is 18.1. The van der Waals surface area contributed by atoms with Gasteiger partial charge in [-0.1, -0.05) is 19.4 Å². The minimum atomic E-state index is -0.489. The summed E-state index contributed by atoms with van der Waals surface area (Å²) >= 11 is 0. The maximum absolute atomic E-state index is 11.7. The molecule has 2 heterocycles. The second-order valence-corrected chi connectivity index (χ2v) is 7.17. The number of hydrogen-bond acceptors (Lipinski definition) is 4. The zero-order valence-electron chi connectivity index (χ0n) is 15.3. The Bertz CT molecular complexity index is 609. The molecule has 0 saturated carbocycles. The van der Waals surface area contributed by atoms with E-state index in [1.807, 2.05) is 34.6 Å². The number of hydrogen-bond donors (Lipinski definition) is 0. The van der Waals surface area contributed by atoms with E-state index in [4.69, 9.17) is 13.7 Å². The van der Waals surface area contributed by atoms with Crippen molar-refractivity contribution in [2.45, 2.75) is 72.5 Å². The van der Waals surface area contributed by atoms with E-state index >= 15 is 0 Å². The number of unbranched alkanes of at least 4 members (excludes halogenated alkanes) is 1. The Morgan fingerprint density at radius 2 is 1.78 bits per heavy atom. The van der Waals surface area contributed by atoms with Gasteiger partial charge in [-0.25, -0.2) is 0 Å². The average Bonchev–Trinajstić information content (AvgIpc) is 2.88. The van der Waals surface area contributed by atoms with E-state index in [9.17, 15) is 4.79 Å². The maximum Gasteiger partial charge on any atom is 0.498 e. The zero-order chi connectivity index (χ0) is 17.4. The number of ketones is 1. The number of carbonyl (C=O) groups is 1. The first kappa shape index (κ1) is 18.0. The van der Waals surface area contributed by atoms with Crippen LogP contribution in [0.5, 0.6) is 0 Å². The number of Topliss-reactive ketones (excluding diaryl/α,β-unsaturated/α-hetero) is 1. The van der Waals surface area contributed by atoms with Crippen LogP contribution in [0.4, 0.5) is 0 Å². The normalized spacial score (nSPS) is 20.1. The molecule has 1 aromatic heterocycles. The maximum atomic E-state index is 11.7. The van der Waals surface area contributed by atoms with Gasteiger partial charge in [0.05, 0.1) is 16.8 Å². The first-order valence-electron chi connectivity index (χ1n) is 8.26. The van der Waals surface area contributed by atoms with Crippen LogP contribution in [-0.2, 0) is 9.31 Å². The van der Waals surface area contributed by atoms with Crippen LogP contribution in [-0.4, -0.2) is 24.1 Å². The monoisotopic (exact) mass is 318 g/mol. The minimum absolute atomic E-state index is 0.00117.